The van der Waals surface area contributed by atoms with Crippen LogP contribution in [-0.2, 0) is 0 Å². The molecule has 0 atom stereocenters. The first-order valence-corrected chi connectivity index (χ1v) is 7.93. The number of nitrogens with zero attached hydrogens (tertiary/aromatic N) is 1. The molecule has 1 heterocycles. The topological polar surface area (TPSA) is 24.4 Å². The lowest BCUT2D eigenvalue weighted by atomic mass is 9.76. The molecular formula is C14H26N2S. The van der Waals surface area contributed by atoms with Crippen molar-refractivity contribution in [3.63, 3.8) is 0 Å². The molecule has 3 heteroatoms. The van der Waals surface area contributed by atoms with Gasteiger partial charge in [-0.25, -0.2) is 0 Å². The van der Waals surface area contributed by atoms with Crippen LogP contribution in [0.2, 0.25) is 0 Å². The molecule has 2 nitrogen and oxygen atoms in total. The van der Waals surface area contributed by atoms with Gasteiger partial charge in [-0.15, -0.1) is 0 Å². The van der Waals surface area contributed by atoms with Crippen LogP contribution in [0.1, 0.15) is 59.3 Å². The van der Waals surface area contributed by atoms with Gasteiger partial charge in [0.15, 0.2) is 5.17 Å². The van der Waals surface area contributed by atoms with E-state index < -0.39 is 0 Å². The normalized spacial score (nSPS) is 29.9. The van der Waals surface area contributed by atoms with E-state index in [2.05, 4.69) is 26.1 Å². The maximum atomic E-state index is 4.84. The molecule has 98 valence electrons. The minimum atomic E-state index is 0.234. The average molecular weight is 254 g/mol. The zero-order valence-corrected chi connectivity index (χ0v) is 12.3. The third-order valence-electron chi connectivity index (χ3n) is 4.08. The van der Waals surface area contributed by atoms with Crippen LogP contribution >= 0.6 is 11.8 Å². The van der Waals surface area contributed by atoms with Crippen LogP contribution in [0.3, 0.4) is 0 Å². The molecule has 2 rings (SSSR count). The quantitative estimate of drug-likeness (QED) is 0.810. The summed E-state index contributed by atoms with van der Waals surface area (Å²) in [5.41, 5.74) is 0.701. The van der Waals surface area contributed by atoms with Crippen LogP contribution in [0.25, 0.3) is 0 Å². The molecule has 0 aromatic rings. The van der Waals surface area contributed by atoms with Crippen molar-refractivity contribution in [2.45, 2.75) is 64.8 Å². The van der Waals surface area contributed by atoms with Crippen molar-refractivity contribution in [1.82, 2.24) is 5.32 Å². The summed E-state index contributed by atoms with van der Waals surface area (Å²) in [6.07, 6.45) is 8.16. The maximum absolute atomic E-state index is 4.84. The molecule has 0 bridgehead atoms. The molecule has 0 aromatic carbocycles. The molecule has 2 aliphatic rings. The number of aliphatic imine (C=N–C) groups is 1. The molecule has 1 saturated carbocycles. The van der Waals surface area contributed by atoms with Gasteiger partial charge in [-0.05, 0) is 38.5 Å². The van der Waals surface area contributed by atoms with E-state index in [1.807, 2.05) is 11.8 Å². The number of amidine groups is 1. The molecule has 0 amide bonds. The fourth-order valence-corrected chi connectivity index (χ4v) is 4.01. The molecule has 0 radical (unpaired) electrons. The molecule has 1 aliphatic heterocycles. The molecule has 17 heavy (non-hydrogen) atoms. The van der Waals surface area contributed by atoms with Crippen molar-refractivity contribution in [1.29, 1.82) is 0 Å². The van der Waals surface area contributed by atoms with Gasteiger partial charge in [0.05, 0.1) is 0 Å². The molecule has 1 aliphatic carbocycles. The highest BCUT2D eigenvalue weighted by atomic mass is 32.2. The highest BCUT2D eigenvalue weighted by molar-refractivity contribution is 8.13. The van der Waals surface area contributed by atoms with E-state index in [0.29, 0.717) is 5.41 Å². The van der Waals surface area contributed by atoms with Crippen LogP contribution in [0, 0.1) is 5.41 Å². The highest BCUT2D eigenvalue weighted by Gasteiger charge is 2.28. The number of thioether (sulfide) groups is 1. The second-order valence-corrected chi connectivity index (χ2v) is 7.68. The van der Waals surface area contributed by atoms with Crippen LogP contribution in [-0.4, -0.2) is 23.0 Å². The summed E-state index contributed by atoms with van der Waals surface area (Å²) in [5, 5.41) is 4.74. The van der Waals surface area contributed by atoms with Gasteiger partial charge in [0.1, 0.15) is 0 Å². The standard InChI is InChI=1S/C14H26N2S/c1-13(2)9-10-17-12(16-13)15-11-14(3)7-5-4-6-8-14/h4-11H2,1-3H3,(H,15,16). The second-order valence-electron chi connectivity index (χ2n) is 6.60. The van der Waals surface area contributed by atoms with Crippen molar-refractivity contribution >= 4 is 16.9 Å². The molecular weight excluding hydrogens is 228 g/mol. The van der Waals surface area contributed by atoms with Gasteiger partial charge in [-0.2, -0.15) is 0 Å². The molecule has 1 N–H and O–H groups in total. The molecule has 0 aromatic heterocycles. The fourth-order valence-electron chi connectivity index (χ4n) is 2.70. The summed E-state index contributed by atoms with van der Waals surface area (Å²) in [6.45, 7) is 7.96. The van der Waals surface area contributed by atoms with Crippen molar-refractivity contribution in [3.8, 4) is 0 Å². The number of rotatable bonds is 2. The monoisotopic (exact) mass is 254 g/mol. The number of nitrogens with one attached hydrogen (secondary N) is 1. The van der Waals surface area contributed by atoms with Crippen LogP contribution < -0.4 is 5.32 Å². The lowest BCUT2D eigenvalue weighted by molar-refractivity contribution is 0.227. The first-order valence-electron chi connectivity index (χ1n) is 6.95. The van der Waals surface area contributed by atoms with E-state index in [-0.39, 0.29) is 5.54 Å². The minimum absolute atomic E-state index is 0.234. The van der Waals surface area contributed by atoms with E-state index in [9.17, 15) is 0 Å². The molecule has 1 saturated heterocycles. The van der Waals surface area contributed by atoms with Crippen molar-refractivity contribution < 1.29 is 0 Å². The smallest absolute Gasteiger partial charge is 0.156 e. The largest absolute Gasteiger partial charge is 0.360 e. The summed E-state index contributed by atoms with van der Waals surface area (Å²) < 4.78 is 0. The van der Waals surface area contributed by atoms with E-state index >= 15 is 0 Å². The molecule has 2 fully saturated rings. The zero-order chi connectivity index (χ0) is 12.4. The van der Waals surface area contributed by atoms with Crippen molar-refractivity contribution in [3.05, 3.63) is 0 Å². The predicted molar refractivity (Wildman–Crippen MR) is 77.8 cm³/mol. The molecule has 0 spiro atoms. The van der Waals surface area contributed by atoms with Crippen LogP contribution in [0.4, 0.5) is 0 Å². The average Bonchev–Trinajstić information content (AvgIpc) is 2.26. The van der Waals surface area contributed by atoms with Gasteiger partial charge < -0.3 is 5.32 Å². The summed E-state index contributed by atoms with van der Waals surface area (Å²) in [5.74, 6) is 1.20. The Bertz CT molecular complexity index is 291. The summed E-state index contributed by atoms with van der Waals surface area (Å²) in [4.78, 5) is 4.84. The van der Waals surface area contributed by atoms with E-state index in [4.69, 9.17) is 4.99 Å². The Labute approximate surface area is 110 Å². The van der Waals surface area contributed by atoms with E-state index in [1.165, 1.54) is 49.4 Å². The van der Waals surface area contributed by atoms with Crippen molar-refractivity contribution in [2.24, 2.45) is 10.4 Å². The van der Waals surface area contributed by atoms with Gasteiger partial charge in [0, 0.05) is 17.8 Å². The van der Waals surface area contributed by atoms with Gasteiger partial charge in [-0.1, -0.05) is 37.9 Å². The van der Waals surface area contributed by atoms with E-state index in [1.54, 1.807) is 0 Å². The second kappa shape index (κ2) is 5.21. The zero-order valence-electron chi connectivity index (χ0n) is 11.5. The fraction of sp³-hybridized carbons (Fsp3) is 0.929. The first kappa shape index (κ1) is 13.3. The number of hydrogen-bond acceptors (Lipinski definition) is 2. The summed E-state index contributed by atoms with van der Waals surface area (Å²) >= 11 is 1.89. The Kier molecular flexibility index (Phi) is 4.06. The van der Waals surface area contributed by atoms with Gasteiger partial charge in [-0.3, -0.25) is 4.99 Å². The summed E-state index contributed by atoms with van der Waals surface area (Å²) in [6, 6.07) is 0. The van der Waals surface area contributed by atoms with Gasteiger partial charge in [0.25, 0.3) is 0 Å². The maximum Gasteiger partial charge on any atom is 0.156 e. The minimum Gasteiger partial charge on any atom is -0.360 e. The summed E-state index contributed by atoms with van der Waals surface area (Å²) in [7, 11) is 0. The Morgan fingerprint density at radius 2 is 1.82 bits per heavy atom. The lowest BCUT2D eigenvalue weighted by Gasteiger charge is -2.35. The first-order chi connectivity index (χ1) is 7.99. The van der Waals surface area contributed by atoms with Gasteiger partial charge >= 0.3 is 0 Å². The van der Waals surface area contributed by atoms with E-state index in [0.717, 1.165) is 6.54 Å². The number of hydrogen-bond donors (Lipinski definition) is 1. The van der Waals surface area contributed by atoms with Crippen LogP contribution in [0.15, 0.2) is 4.99 Å². The Balaban J connectivity index is 1.91. The Hall–Kier alpha value is -0.180. The van der Waals surface area contributed by atoms with Crippen LogP contribution in [0.5, 0.6) is 0 Å². The predicted octanol–water partition coefficient (Wildman–Crippen LogP) is 3.82. The Morgan fingerprint density at radius 3 is 2.47 bits per heavy atom. The third kappa shape index (κ3) is 3.90. The Morgan fingerprint density at radius 1 is 1.12 bits per heavy atom. The van der Waals surface area contributed by atoms with Crippen molar-refractivity contribution in [2.75, 3.05) is 12.3 Å². The highest BCUT2D eigenvalue weighted by Crippen LogP contribution is 2.36. The third-order valence-corrected chi connectivity index (χ3v) is 4.99. The SMILES string of the molecule is CC1(CN=C2NC(C)(C)CCS2)CCCCC1. The van der Waals surface area contributed by atoms with Gasteiger partial charge in [0.2, 0.25) is 0 Å². The molecule has 0 unspecified atom stereocenters. The lowest BCUT2D eigenvalue weighted by Crippen LogP contribution is -2.46.